The Kier molecular flexibility index (Phi) is 3.73. The largest absolute Gasteiger partial charge is 0.339 e. The van der Waals surface area contributed by atoms with Crippen LogP contribution >= 0.6 is 0 Å². The number of rotatable bonds is 2. The maximum atomic E-state index is 11.6. The summed E-state index contributed by atoms with van der Waals surface area (Å²) >= 11 is 0. The van der Waals surface area contributed by atoms with Gasteiger partial charge in [-0.3, -0.25) is 4.79 Å². The lowest BCUT2D eigenvalue weighted by atomic mass is 9.86. The van der Waals surface area contributed by atoms with Crippen LogP contribution < -0.4 is 11.1 Å². The zero-order valence-electron chi connectivity index (χ0n) is 9.64. The molecule has 0 saturated carbocycles. The summed E-state index contributed by atoms with van der Waals surface area (Å²) in [5.74, 6) is 2.28. The van der Waals surface area contributed by atoms with Crippen molar-refractivity contribution >= 4 is 5.91 Å². The van der Waals surface area contributed by atoms with Crippen molar-refractivity contribution in [3.8, 4) is 12.3 Å². The smallest absolute Gasteiger partial charge is 0.238 e. The fourth-order valence-electron chi connectivity index (χ4n) is 0.815. The first-order chi connectivity index (χ1) is 6.10. The molecule has 0 bridgehead atoms. The van der Waals surface area contributed by atoms with Gasteiger partial charge in [-0.15, -0.1) is 6.42 Å². The molecule has 1 atom stereocenters. The van der Waals surface area contributed by atoms with E-state index in [-0.39, 0.29) is 11.3 Å². The topological polar surface area (TPSA) is 55.1 Å². The third-order valence-corrected chi connectivity index (χ3v) is 2.01. The second kappa shape index (κ2) is 4.02. The number of carbonyl (C=O) groups excluding carboxylic acids is 1. The molecule has 14 heavy (non-hydrogen) atoms. The van der Waals surface area contributed by atoms with Crippen LogP contribution in [0.1, 0.15) is 34.6 Å². The average molecular weight is 196 g/mol. The molecule has 0 aromatic heterocycles. The van der Waals surface area contributed by atoms with Crippen molar-refractivity contribution in [2.45, 2.75) is 46.2 Å². The van der Waals surface area contributed by atoms with Crippen molar-refractivity contribution in [3.05, 3.63) is 0 Å². The van der Waals surface area contributed by atoms with E-state index < -0.39 is 11.6 Å². The second-order valence-corrected chi connectivity index (χ2v) is 5.10. The van der Waals surface area contributed by atoms with Gasteiger partial charge in [-0.05, 0) is 19.3 Å². The Hall–Kier alpha value is -1.01. The van der Waals surface area contributed by atoms with E-state index >= 15 is 0 Å². The molecule has 0 spiro atoms. The van der Waals surface area contributed by atoms with Crippen molar-refractivity contribution in [2.24, 2.45) is 11.1 Å². The highest BCUT2D eigenvalue weighted by Crippen LogP contribution is 2.17. The Morgan fingerprint density at radius 3 is 2.07 bits per heavy atom. The third kappa shape index (κ3) is 3.80. The Labute approximate surface area is 86.4 Å². The van der Waals surface area contributed by atoms with Gasteiger partial charge in [-0.25, -0.2) is 0 Å². The van der Waals surface area contributed by atoms with Crippen LogP contribution in [0.25, 0.3) is 0 Å². The minimum absolute atomic E-state index is 0.208. The molecule has 0 aromatic carbocycles. The molecule has 0 saturated heterocycles. The van der Waals surface area contributed by atoms with Gasteiger partial charge >= 0.3 is 0 Å². The zero-order chi connectivity index (χ0) is 11.6. The molecule has 0 aliphatic heterocycles. The highest BCUT2D eigenvalue weighted by molar-refractivity contribution is 5.83. The number of nitrogens with one attached hydrogen (secondary N) is 1. The molecule has 3 heteroatoms. The van der Waals surface area contributed by atoms with Crippen LogP contribution in [0.3, 0.4) is 0 Å². The van der Waals surface area contributed by atoms with Crippen LogP contribution in [0.2, 0.25) is 0 Å². The standard InChI is InChI=1S/C11H20N2O/c1-7-11(5,6)13-9(14)8(12)10(2,3)4/h1,8H,12H2,2-6H3,(H,13,14)/t8-/m1/s1. The molecule has 0 aliphatic carbocycles. The second-order valence-electron chi connectivity index (χ2n) is 5.10. The monoisotopic (exact) mass is 196 g/mol. The molecule has 1 amide bonds. The van der Waals surface area contributed by atoms with E-state index in [0.717, 1.165) is 0 Å². The molecule has 0 aromatic rings. The average Bonchev–Trinajstić information content (AvgIpc) is 2.00. The molecule has 3 nitrogen and oxygen atoms in total. The summed E-state index contributed by atoms with van der Waals surface area (Å²) in [5.41, 5.74) is 4.88. The van der Waals surface area contributed by atoms with Gasteiger partial charge in [0.2, 0.25) is 5.91 Å². The van der Waals surface area contributed by atoms with Gasteiger partial charge in [-0.2, -0.15) is 0 Å². The van der Waals surface area contributed by atoms with Gasteiger partial charge < -0.3 is 11.1 Å². The maximum absolute atomic E-state index is 11.6. The molecule has 0 aliphatic rings. The molecular formula is C11H20N2O. The van der Waals surface area contributed by atoms with Crippen LogP contribution in [-0.4, -0.2) is 17.5 Å². The maximum Gasteiger partial charge on any atom is 0.238 e. The Bertz CT molecular complexity index is 255. The molecule has 0 unspecified atom stereocenters. The van der Waals surface area contributed by atoms with Gasteiger partial charge in [0.05, 0.1) is 11.6 Å². The highest BCUT2D eigenvalue weighted by Gasteiger charge is 2.30. The lowest BCUT2D eigenvalue weighted by molar-refractivity contribution is -0.125. The van der Waals surface area contributed by atoms with Crippen molar-refractivity contribution < 1.29 is 4.79 Å². The predicted octanol–water partition coefficient (Wildman–Crippen LogP) is 0.888. The molecule has 0 rings (SSSR count). The van der Waals surface area contributed by atoms with Gasteiger partial charge in [0.15, 0.2) is 0 Å². The summed E-state index contributed by atoms with van der Waals surface area (Å²) in [5, 5.41) is 2.71. The normalized spacial score (nSPS) is 14.4. The van der Waals surface area contributed by atoms with E-state index in [2.05, 4.69) is 11.2 Å². The molecule has 0 radical (unpaired) electrons. The lowest BCUT2D eigenvalue weighted by Gasteiger charge is -2.29. The van der Waals surface area contributed by atoms with Gasteiger partial charge in [0.25, 0.3) is 0 Å². The van der Waals surface area contributed by atoms with Crippen molar-refractivity contribution in [1.29, 1.82) is 0 Å². The van der Waals surface area contributed by atoms with Crippen LogP contribution in [0.4, 0.5) is 0 Å². The summed E-state index contributed by atoms with van der Waals surface area (Å²) < 4.78 is 0. The number of hydrogen-bond donors (Lipinski definition) is 2. The first kappa shape index (κ1) is 13.0. The highest BCUT2D eigenvalue weighted by atomic mass is 16.2. The Morgan fingerprint density at radius 2 is 1.79 bits per heavy atom. The molecule has 0 fully saturated rings. The minimum atomic E-state index is -0.639. The molecule has 0 heterocycles. The fourth-order valence-corrected chi connectivity index (χ4v) is 0.815. The van der Waals surface area contributed by atoms with E-state index in [1.807, 2.05) is 20.8 Å². The first-order valence-electron chi connectivity index (χ1n) is 4.65. The van der Waals surface area contributed by atoms with Gasteiger partial charge in [0, 0.05) is 0 Å². The number of carbonyl (C=O) groups is 1. The Balaban J connectivity index is 4.47. The van der Waals surface area contributed by atoms with Crippen molar-refractivity contribution in [3.63, 3.8) is 0 Å². The summed E-state index contributed by atoms with van der Waals surface area (Å²) in [6.45, 7) is 9.28. The lowest BCUT2D eigenvalue weighted by Crippen LogP contribution is -2.54. The number of terminal acetylenes is 1. The first-order valence-corrected chi connectivity index (χ1v) is 4.65. The summed E-state index contributed by atoms with van der Waals surface area (Å²) in [6, 6.07) is -0.546. The molecule has 80 valence electrons. The number of amides is 1. The van der Waals surface area contributed by atoms with E-state index in [9.17, 15) is 4.79 Å². The van der Waals surface area contributed by atoms with E-state index in [1.165, 1.54) is 0 Å². The quantitative estimate of drug-likeness (QED) is 0.644. The van der Waals surface area contributed by atoms with E-state index in [4.69, 9.17) is 12.2 Å². The SMILES string of the molecule is C#CC(C)(C)NC(=O)[C@@H](N)C(C)(C)C. The van der Waals surface area contributed by atoms with Crippen LogP contribution in [0, 0.1) is 17.8 Å². The van der Waals surface area contributed by atoms with Crippen LogP contribution in [0.15, 0.2) is 0 Å². The van der Waals surface area contributed by atoms with E-state index in [0.29, 0.717) is 0 Å². The molecule has 3 N–H and O–H groups in total. The minimum Gasteiger partial charge on any atom is -0.339 e. The summed E-state index contributed by atoms with van der Waals surface area (Å²) in [6.07, 6.45) is 5.26. The zero-order valence-corrected chi connectivity index (χ0v) is 9.64. The van der Waals surface area contributed by atoms with Crippen molar-refractivity contribution in [2.75, 3.05) is 0 Å². The third-order valence-electron chi connectivity index (χ3n) is 2.01. The van der Waals surface area contributed by atoms with Gasteiger partial charge in [0.1, 0.15) is 0 Å². The van der Waals surface area contributed by atoms with Crippen LogP contribution in [0.5, 0.6) is 0 Å². The number of nitrogens with two attached hydrogens (primary N) is 1. The predicted molar refractivity (Wildman–Crippen MR) is 58.5 cm³/mol. The van der Waals surface area contributed by atoms with Gasteiger partial charge in [-0.1, -0.05) is 26.7 Å². The number of hydrogen-bond acceptors (Lipinski definition) is 2. The van der Waals surface area contributed by atoms with E-state index in [1.54, 1.807) is 13.8 Å². The Morgan fingerprint density at radius 1 is 1.36 bits per heavy atom. The fraction of sp³-hybridized carbons (Fsp3) is 0.727. The van der Waals surface area contributed by atoms with Crippen LogP contribution in [-0.2, 0) is 4.79 Å². The van der Waals surface area contributed by atoms with Crippen molar-refractivity contribution in [1.82, 2.24) is 5.32 Å². The molecular weight excluding hydrogens is 176 g/mol. The summed E-state index contributed by atoms with van der Waals surface area (Å²) in [4.78, 5) is 11.6. The summed E-state index contributed by atoms with van der Waals surface area (Å²) in [7, 11) is 0.